The number of likely N-dealkylation sites (N-methyl/N-ethyl adjacent to an activating group) is 1. The standard InChI is InChI=1S/C36H46N10O8/c1-46-27(32(37)51)16-22-18-41-31-21(9-5-10-23(22)31)12-13-28(47)43-24(11-6-14-40-36(38)39)33(52)42-19-29(48)44-25(17-30(49)50)34(53)45-26(35(46)54)15-20-7-3-2-4-8-20/h2-5,7-10,18,24-27,41H,6,11-17,19H2,1H3,(H2,37,51)(H,42,52)(H,43,47)(H,44,48)(H,45,53)(H,49,50)(H4,38,39,40)/t24-,25-,26-,27+/m0/s1. The molecule has 0 saturated carbocycles. The lowest BCUT2D eigenvalue weighted by Gasteiger charge is -2.31. The third kappa shape index (κ3) is 11.3. The third-order valence-corrected chi connectivity index (χ3v) is 9.01. The summed E-state index contributed by atoms with van der Waals surface area (Å²) in [5, 5.41) is 20.3. The first-order chi connectivity index (χ1) is 25.7. The van der Waals surface area contributed by atoms with E-state index in [2.05, 4.69) is 31.2 Å². The first-order valence-electron chi connectivity index (χ1n) is 17.3. The van der Waals surface area contributed by atoms with Gasteiger partial charge in [-0.3, -0.25) is 38.6 Å². The molecule has 4 atom stereocenters. The Labute approximate surface area is 310 Å². The van der Waals surface area contributed by atoms with Crippen LogP contribution in [0.5, 0.6) is 0 Å². The lowest BCUT2D eigenvalue weighted by molar-refractivity contribution is -0.143. The summed E-state index contributed by atoms with van der Waals surface area (Å²) in [6.07, 6.45) is 1.47. The lowest BCUT2D eigenvalue weighted by atomic mass is 9.99. The quantitative estimate of drug-likeness (QED) is 0.0680. The number of carbonyl (C=O) groups is 7. The molecule has 54 heavy (non-hydrogen) atoms. The van der Waals surface area contributed by atoms with E-state index >= 15 is 0 Å². The molecule has 288 valence electrons. The maximum Gasteiger partial charge on any atom is 0.305 e. The van der Waals surface area contributed by atoms with Crippen LogP contribution in [0.3, 0.4) is 0 Å². The van der Waals surface area contributed by atoms with Crippen LogP contribution in [-0.4, -0.2) is 107 Å². The molecule has 0 aliphatic carbocycles. The number of carbonyl (C=O) groups excluding carboxylic acids is 6. The fraction of sp³-hybridized carbons (Fsp3) is 0.389. The van der Waals surface area contributed by atoms with Crippen molar-refractivity contribution in [1.29, 1.82) is 0 Å². The number of guanidine groups is 1. The van der Waals surface area contributed by atoms with Crippen LogP contribution in [-0.2, 0) is 52.8 Å². The van der Waals surface area contributed by atoms with Crippen molar-refractivity contribution in [3.8, 4) is 0 Å². The highest BCUT2D eigenvalue weighted by molar-refractivity contribution is 5.97. The average Bonchev–Trinajstić information content (AvgIpc) is 3.55. The Morgan fingerprint density at radius 1 is 0.852 bits per heavy atom. The summed E-state index contributed by atoms with van der Waals surface area (Å²) < 4.78 is 0. The first kappa shape index (κ1) is 40.3. The minimum atomic E-state index is -1.66. The number of carboxylic acid groups (broad SMARTS) is 1. The molecule has 1 aliphatic rings. The van der Waals surface area contributed by atoms with Gasteiger partial charge in [0.05, 0.1) is 13.0 Å². The fourth-order valence-electron chi connectivity index (χ4n) is 6.22. The molecule has 2 heterocycles. The number of aliphatic carboxylic acids is 1. The van der Waals surface area contributed by atoms with Gasteiger partial charge in [0.2, 0.25) is 35.4 Å². The van der Waals surface area contributed by atoms with Gasteiger partial charge in [0, 0.05) is 50.0 Å². The van der Waals surface area contributed by atoms with Crippen molar-refractivity contribution in [2.75, 3.05) is 20.1 Å². The Morgan fingerprint density at radius 3 is 2.26 bits per heavy atom. The smallest absolute Gasteiger partial charge is 0.305 e. The molecule has 18 heteroatoms. The number of aliphatic imine (C=N–C) groups is 1. The normalized spacial score (nSPS) is 20.8. The molecular formula is C36H46N10O8. The van der Waals surface area contributed by atoms with Crippen molar-refractivity contribution in [2.24, 2.45) is 22.2 Å². The molecule has 6 amide bonds. The molecule has 18 nitrogen and oxygen atoms in total. The number of benzene rings is 2. The topological polar surface area (TPSA) is 297 Å². The number of para-hydroxylation sites is 1. The number of aromatic nitrogens is 1. The zero-order valence-electron chi connectivity index (χ0n) is 29.8. The van der Waals surface area contributed by atoms with Crippen molar-refractivity contribution in [3.05, 3.63) is 71.4 Å². The summed E-state index contributed by atoms with van der Waals surface area (Å²) in [7, 11) is 1.38. The van der Waals surface area contributed by atoms with E-state index in [9.17, 15) is 38.7 Å². The number of primary amides is 1. The third-order valence-electron chi connectivity index (χ3n) is 9.01. The highest BCUT2D eigenvalue weighted by atomic mass is 16.4. The van der Waals surface area contributed by atoms with Gasteiger partial charge in [-0.1, -0.05) is 48.5 Å². The van der Waals surface area contributed by atoms with Crippen molar-refractivity contribution in [3.63, 3.8) is 0 Å². The molecule has 0 spiro atoms. The Bertz CT molecular complexity index is 1890. The van der Waals surface area contributed by atoms with Crippen LogP contribution >= 0.6 is 0 Å². The molecule has 1 aliphatic heterocycles. The zero-order chi connectivity index (χ0) is 39.4. The fourth-order valence-corrected chi connectivity index (χ4v) is 6.22. The Hall–Kier alpha value is -6.46. The summed E-state index contributed by atoms with van der Waals surface area (Å²) in [4.78, 5) is 100. The summed E-state index contributed by atoms with van der Waals surface area (Å²) >= 11 is 0. The van der Waals surface area contributed by atoms with Gasteiger partial charge in [0.15, 0.2) is 5.96 Å². The van der Waals surface area contributed by atoms with Gasteiger partial charge in [0.25, 0.3) is 0 Å². The van der Waals surface area contributed by atoms with Gasteiger partial charge >= 0.3 is 5.97 Å². The van der Waals surface area contributed by atoms with E-state index in [0.717, 1.165) is 15.8 Å². The predicted octanol–water partition coefficient (Wildman–Crippen LogP) is -1.69. The highest BCUT2D eigenvalue weighted by Gasteiger charge is 2.34. The van der Waals surface area contributed by atoms with E-state index in [1.54, 1.807) is 42.6 Å². The van der Waals surface area contributed by atoms with Crippen LogP contribution in [0.4, 0.5) is 0 Å². The first-order valence-corrected chi connectivity index (χ1v) is 17.3. The van der Waals surface area contributed by atoms with Crippen LogP contribution in [0, 0.1) is 0 Å². The largest absolute Gasteiger partial charge is 0.481 e. The molecule has 1 aromatic heterocycles. The van der Waals surface area contributed by atoms with E-state index in [1.807, 2.05) is 12.1 Å². The van der Waals surface area contributed by atoms with Crippen LogP contribution in [0.25, 0.3) is 10.9 Å². The number of aromatic amines is 1. The van der Waals surface area contributed by atoms with Crippen molar-refractivity contribution in [1.82, 2.24) is 31.2 Å². The Kier molecular flexibility index (Phi) is 14.1. The second-order valence-electron chi connectivity index (χ2n) is 13.0. The molecule has 2 aromatic carbocycles. The molecular weight excluding hydrogens is 700 g/mol. The number of H-pyrrole nitrogens is 1. The summed E-state index contributed by atoms with van der Waals surface area (Å²) in [6, 6.07) is 8.93. The van der Waals surface area contributed by atoms with Gasteiger partial charge in [-0.25, -0.2) is 0 Å². The van der Waals surface area contributed by atoms with Crippen molar-refractivity contribution in [2.45, 2.75) is 69.1 Å². The van der Waals surface area contributed by atoms with Crippen molar-refractivity contribution < 1.29 is 38.7 Å². The minimum Gasteiger partial charge on any atom is -0.481 e. The number of hydrogen-bond donors (Lipinski definition) is 9. The van der Waals surface area contributed by atoms with E-state index in [0.29, 0.717) is 23.1 Å². The summed E-state index contributed by atoms with van der Waals surface area (Å²) in [5.41, 5.74) is 19.4. The molecule has 0 radical (unpaired) electrons. The minimum absolute atomic E-state index is 0.00184. The average molecular weight is 747 g/mol. The van der Waals surface area contributed by atoms with Crippen LogP contribution in [0.15, 0.2) is 59.7 Å². The van der Waals surface area contributed by atoms with Gasteiger partial charge in [0.1, 0.15) is 24.2 Å². The van der Waals surface area contributed by atoms with Gasteiger partial charge in [-0.2, -0.15) is 0 Å². The number of rotatable bonds is 9. The van der Waals surface area contributed by atoms with E-state index < -0.39 is 78.5 Å². The number of nitrogens with two attached hydrogens (primary N) is 3. The van der Waals surface area contributed by atoms with E-state index in [4.69, 9.17) is 17.2 Å². The molecule has 0 unspecified atom stereocenters. The SMILES string of the molecule is CN1C(=O)[C@H](Cc2ccccc2)NC(=O)[C@H](CC(=O)O)NC(=O)CNC(=O)[C@H](CCCN=C(N)N)NC(=O)CCc2cccc3c(c[nH]c23)C[C@@H]1C(N)=O. The second kappa shape index (κ2) is 18.9. The number of amides is 6. The molecule has 0 fully saturated rings. The summed E-state index contributed by atoms with van der Waals surface area (Å²) in [6.45, 7) is -0.499. The maximum absolute atomic E-state index is 14.1. The predicted molar refractivity (Wildman–Crippen MR) is 197 cm³/mol. The highest BCUT2D eigenvalue weighted by Crippen LogP contribution is 2.25. The van der Waals surface area contributed by atoms with Crippen molar-refractivity contribution >= 4 is 58.3 Å². The van der Waals surface area contributed by atoms with E-state index in [1.165, 1.54) is 7.05 Å². The van der Waals surface area contributed by atoms with Crippen LogP contribution < -0.4 is 38.5 Å². The maximum atomic E-state index is 14.1. The van der Waals surface area contributed by atoms with Crippen LogP contribution in [0.1, 0.15) is 42.4 Å². The van der Waals surface area contributed by atoms with Crippen LogP contribution in [0.2, 0.25) is 0 Å². The number of carboxylic acids is 1. The Balaban J connectivity index is 1.71. The molecule has 4 bridgehead atoms. The number of nitrogens with zero attached hydrogens (tertiary/aromatic N) is 2. The molecule has 4 rings (SSSR count). The number of aryl methyl sites for hydroxylation is 1. The van der Waals surface area contributed by atoms with E-state index in [-0.39, 0.29) is 44.6 Å². The Morgan fingerprint density at radius 2 is 1.57 bits per heavy atom. The molecule has 3 aromatic rings. The summed E-state index contributed by atoms with van der Waals surface area (Å²) in [5.74, 6) is -6.13. The zero-order valence-corrected chi connectivity index (χ0v) is 29.8. The second-order valence-corrected chi connectivity index (χ2v) is 13.0. The van der Waals surface area contributed by atoms with Gasteiger partial charge < -0.3 is 53.5 Å². The number of hydrogen-bond acceptors (Lipinski definition) is 8. The van der Waals surface area contributed by atoms with Gasteiger partial charge in [-0.05, 0) is 36.0 Å². The monoisotopic (exact) mass is 746 g/mol. The molecule has 12 N–H and O–H groups in total. The number of nitrogens with one attached hydrogen (secondary N) is 5. The molecule has 0 saturated heterocycles. The van der Waals surface area contributed by atoms with Gasteiger partial charge in [-0.15, -0.1) is 0 Å². The lowest BCUT2D eigenvalue weighted by Crippen LogP contribution is -2.58.